The maximum absolute atomic E-state index is 5.32. The molecule has 3 aromatic heterocycles. The Morgan fingerprint density at radius 1 is 1.33 bits per heavy atom. The predicted octanol–water partition coefficient (Wildman–Crippen LogP) is 1.69. The third-order valence-corrected chi connectivity index (χ3v) is 2.12. The van der Waals surface area contributed by atoms with Crippen molar-refractivity contribution in [3.05, 3.63) is 36.5 Å². The van der Waals surface area contributed by atoms with Crippen LogP contribution in [0.5, 0.6) is 0 Å². The summed E-state index contributed by atoms with van der Waals surface area (Å²) in [4.78, 5) is 8.30. The average molecular weight is 200 g/mol. The first kappa shape index (κ1) is 8.16. The Morgan fingerprint density at radius 3 is 3.07 bits per heavy atom. The molecule has 0 radical (unpaired) electrons. The second kappa shape index (κ2) is 2.91. The Bertz CT molecular complexity index is 597. The molecule has 0 aromatic carbocycles. The fraction of sp³-hybridized carbons (Fsp3) is 0.100. The minimum absolute atomic E-state index is 0.585. The number of aromatic nitrogens is 4. The zero-order valence-electron chi connectivity index (χ0n) is 8.08. The van der Waals surface area contributed by atoms with E-state index >= 15 is 0 Å². The maximum Gasteiger partial charge on any atom is 0.253 e. The first-order valence-corrected chi connectivity index (χ1v) is 4.57. The number of aryl methyl sites for hydroxylation is 1. The molecule has 0 amide bonds. The zero-order valence-corrected chi connectivity index (χ0v) is 8.08. The summed E-state index contributed by atoms with van der Waals surface area (Å²) in [6.07, 6.45) is 3.33. The molecule has 3 rings (SSSR count). The molecule has 5 heteroatoms. The molecule has 0 aliphatic heterocycles. The van der Waals surface area contributed by atoms with Gasteiger partial charge in [-0.2, -0.15) is 9.50 Å². The standard InChI is InChI=1S/C10H8N4O/c1-7-12-10-11-5-4-8(14(10)13-7)9-3-2-6-15-9/h2-6H,1H3. The van der Waals surface area contributed by atoms with Crippen LogP contribution in [-0.2, 0) is 0 Å². The molecule has 0 saturated heterocycles. The van der Waals surface area contributed by atoms with E-state index in [-0.39, 0.29) is 0 Å². The number of hydrogen-bond acceptors (Lipinski definition) is 4. The summed E-state index contributed by atoms with van der Waals surface area (Å²) in [7, 11) is 0. The highest BCUT2D eigenvalue weighted by Crippen LogP contribution is 2.18. The van der Waals surface area contributed by atoms with Crippen molar-refractivity contribution < 1.29 is 4.42 Å². The molecule has 5 nitrogen and oxygen atoms in total. The van der Waals surface area contributed by atoms with Crippen LogP contribution in [0.15, 0.2) is 35.1 Å². The quantitative estimate of drug-likeness (QED) is 0.599. The summed E-state index contributed by atoms with van der Waals surface area (Å²) in [6.45, 7) is 1.83. The predicted molar refractivity (Wildman–Crippen MR) is 53.2 cm³/mol. The van der Waals surface area contributed by atoms with Crippen LogP contribution >= 0.6 is 0 Å². The Morgan fingerprint density at radius 2 is 2.27 bits per heavy atom. The highest BCUT2D eigenvalue weighted by molar-refractivity contribution is 5.54. The number of hydrogen-bond donors (Lipinski definition) is 0. The minimum atomic E-state index is 0.585. The van der Waals surface area contributed by atoms with Crippen LogP contribution in [0.25, 0.3) is 17.2 Å². The van der Waals surface area contributed by atoms with E-state index in [1.807, 2.05) is 25.1 Å². The summed E-state index contributed by atoms with van der Waals surface area (Å²) in [5, 5.41) is 4.25. The summed E-state index contributed by atoms with van der Waals surface area (Å²) in [5.41, 5.74) is 0.852. The summed E-state index contributed by atoms with van der Waals surface area (Å²) in [5.74, 6) is 2.04. The van der Waals surface area contributed by atoms with Crippen molar-refractivity contribution in [3.8, 4) is 11.5 Å². The van der Waals surface area contributed by atoms with Gasteiger partial charge in [-0.05, 0) is 25.1 Å². The number of nitrogens with zero attached hydrogens (tertiary/aromatic N) is 4. The van der Waals surface area contributed by atoms with Gasteiger partial charge in [0.1, 0.15) is 11.5 Å². The molecule has 3 heterocycles. The zero-order chi connectivity index (χ0) is 10.3. The lowest BCUT2D eigenvalue weighted by Crippen LogP contribution is -1.94. The molecule has 0 aliphatic carbocycles. The van der Waals surface area contributed by atoms with E-state index in [4.69, 9.17) is 4.42 Å². The molecular formula is C10H8N4O. The molecule has 0 bridgehead atoms. The number of fused-ring (bicyclic) bond motifs is 1. The molecule has 0 spiro atoms. The van der Waals surface area contributed by atoms with Crippen molar-refractivity contribution in [2.24, 2.45) is 0 Å². The minimum Gasteiger partial charge on any atom is -0.463 e. The van der Waals surface area contributed by atoms with Gasteiger partial charge in [-0.3, -0.25) is 0 Å². The first-order valence-electron chi connectivity index (χ1n) is 4.57. The molecule has 0 atom stereocenters. The Labute approximate surface area is 85.4 Å². The average Bonchev–Trinajstić information content (AvgIpc) is 2.82. The van der Waals surface area contributed by atoms with Crippen molar-refractivity contribution in [1.29, 1.82) is 0 Å². The summed E-state index contributed by atoms with van der Waals surface area (Å²) < 4.78 is 7.00. The molecule has 15 heavy (non-hydrogen) atoms. The lowest BCUT2D eigenvalue weighted by atomic mass is 10.3. The maximum atomic E-state index is 5.32. The van der Waals surface area contributed by atoms with E-state index in [1.165, 1.54) is 0 Å². The van der Waals surface area contributed by atoms with Crippen molar-refractivity contribution in [2.75, 3.05) is 0 Å². The summed E-state index contributed by atoms with van der Waals surface area (Å²) >= 11 is 0. The molecule has 0 unspecified atom stereocenters. The third-order valence-electron chi connectivity index (χ3n) is 2.12. The fourth-order valence-corrected chi connectivity index (χ4v) is 1.50. The van der Waals surface area contributed by atoms with Gasteiger partial charge in [0.25, 0.3) is 5.78 Å². The van der Waals surface area contributed by atoms with Gasteiger partial charge in [0, 0.05) is 6.20 Å². The Hall–Kier alpha value is -2.17. The van der Waals surface area contributed by atoms with Gasteiger partial charge in [0.2, 0.25) is 0 Å². The van der Waals surface area contributed by atoms with Crippen LogP contribution in [0.4, 0.5) is 0 Å². The van der Waals surface area contributed by atoms with Crippen LogP contribution in [0.2, 0.25) is 0 Å². The molecule has 0 aliphatic rings. The van der Waals surface area contributed by atoms with Gasteiger partial charge >= 0.3 is 0 Å². The fourth-order valence-electron chi connectivity index (χ4n) is 1.50. The van der Waals surface area contributed by atoms with Crippen LogP contribution in [0.1, 0.15) is 5.82 Å². The van der Waals surface area contributed by atoms with Crippen molar-refractivity contribution in [3.63, 3.8) is 0 Å². The lowest BCUT2D eigenvalue weighted by molar-refractivity contribution is 0.577. The van der Waals surface area contributed by atoms with Gasteiger partial charge in [-0.1, -0.05) is 0 Å². The molecule has 0 fully saturated rings. The highest BCUT2D eigenvalue weighted by atomic mass is 16.3. The lowest BCUT2D eigenvalue weighted by Gasteiger charge is -1.98. The Kier molecular flexibility index (Phi) is 1.58. The van der Waals surface area contributed by atoms with Crippen molar-refractivity contribution in [2.45, 2.75) is 6.92 Å². The second-order valence-electron chi connectivity index (χ2n) is 3.18. The van der Waals surface area contributed by atoms with Crippen LogP contribution in [0, 0.1) is 6.92 Å². The van der Waals surface area contributed by atoms with Gasteiger partial charge in [0.05, 0.1) is 6.26 Å². The highest BCUT2D eigenvalue weighted by Gasteiger charge is 2.08. The van der Waals surface area contributed by atoms with E-state index in [1.54, 1.807) is 17.0 Å². The first-order chi connectivity index (χ1) is 7.34. The molecule has 0 saturated carbocycles. The van der Waals surface area contributed by atoms with E-state index in [0.717, 1.165) is 11.5 Å². The van der Waals surface area contributed by atoms with Gasteiger partial charge in [-0.25, -0.2) is 4.98 Å². The third kappa shape index (κ3) is 1.20. The van der Waals surface area contributed by atoms with E-state index < -0.39 is 0 Å². The van der Waals surface area contributed by atoms with Gasteiger partial charge in [-0.15, -0.1) is 5.10 Å². The van der Waals surface area contributed by atoms with E-state index in [0.29, 0.717) is 11.6 Å². The summed E-state index contributed by atoms with van der Waals surface area (Å²) in [6, 6.07) is 5.57. The van der Waals surface area contributed by atoms with Crippen LogP contribution < -0.4 is 0 Å². The largest absolute Gasteiger partial charge is 0.463 e. The monoisotopic (exact) mass is 200 g/mol. The second-order valence-corrected chi connectivity index (χ2v) is 3.18. The topological polar surface area (TPSA) is 56.2 Å². The normalized spacial score (nSPS) is 11.0. The van der Waals surface area contributed by atoms with E-state index in [2.05, 4.69) is 15.1 Å². The molecular weight excluding hydrogens is 192 g/mol. The van der Waals surface area contributed by atoms with Crippen molar-refractivity contribution >= 4 is 5.78 Å². The van der Waals surface area contributed by atoms with Gasteiger partial charge < -0.3 is 4.42 Å². The smallest absolute Gasteiger partial charge is 0.253 e. The van der Waals surface area contributed by atoms with E-state index in [9.17, 15) is 0 Å². The molecule has 3 aromatic rings. The number of furan rings is 1. The SMILES string of the molecule is Cc1nc2nccc(-c3ccco3)n2n1. The van der Waals surface area contributed by atoms with Gasteiger partial charge in [0.15, 0.2) is 5.76 Å². The van der Waals surface area contributed by atoms with Crippen molar-refractivity contribution in [1.82, 2.24) is 19.6 Å². The van der Waals surface area contributed by atoms with Crippen LogP contribution in [-0.4, -0.2) is 19.6 Å². The number of rotatable bonds is 1. The molecule has 0 N–H and O–H groups in total. The van der Waals surface area contributed by atoms with Crippen LogP contribution in [0.3, 0.4) is 0 Å². The molecule has 74 valence electrons. The Balaban J connectivity index is 2.35.